The zero-order valence-electron chi connectivity index (χ0n) is 15.3. The van der Waals surface area contributed by atoms with E-state index in [1.807, 2.05) is 0 Å². The van der Waals surface area contributed by atoms with Crippen LogP contribution in [0.2, 0.25) is 5.02 Å². The maximum atomic E-state index is 12.5. The molecule has 9 heteroatoms. The van der Waals surface area contributed by atoms with Gasteiger partial charge in [-0.3, -0.25) is 9.10 Å². The Morgan fingerprint density at radius 3 is 2.68 bits per heavy atom. The molecule has 28 heavy (non-hydrogen) atoms. The molecule has 3 rings (SSSR count). The molecule has 0 saturated carbocycles. The van der Waals surface area contributed by atoms with Gasteiger partial charge in [0.1, 0.15) is 18.1 Å². The molecule has 150 valence electrons. The summed E-state index contributed by atoms with van der Waals surface area (Å²) in [5, 5.41) is 3.33. The number of benzene rings is 2. The highest BCUT2D eigenvalue weighted by Gasteiger charge is 2.35. The molecule has 0 bridgehead atoms. The minimum atomic E-state index is -3.53. The average Bonchev–Trinajstić information content (AvgIpc) is 2.71. The molecule has 0 aliphatic carbocycles. The van der Waals surface area contributed by atoms with Crippen molar-refractivity contribution >= 4 is 33.2 Å². The second kappa shape index (κ2) is 8.70. The van der Waals surface area contributed by atoms with Crippen LogP contribution in [0.5, 0.6) is 11.5 Å². The van der Waals surface area contributed by atoms with Crippen molar-refractivity contribution in [2.45, 2.75) is 13.0 Å². The van der Waals surface area contributed by atoms with Crippen LogP contribution in [0.15, 0.2) is 48.5 Å². The summed E-state index contributed by atoms with van der Waals surface area (Å²) in [6, 6.07) is 13.7. The molecule has 1 N–H and O–H groups in total. The molecule has 0 saturated heterocycles. The summed E-state index contributed by atoms with van der Waals surface area (Å²) >= 11 is 5.82. The fourth-order valence-electron chi connectivity index (χ4n) is 2.75. The van der Waals surface area contributed by atoms with Crippen molar-refractivity contribution in [3.05, 3.63) is 53.6 Å². The van der Waals surface area contributed by atoms with Gasteiger partial charge in [-0.25, -0.2) is 8.42 Å². The lowest BCUT2D eigenvalue weighted by molar-refractivity contribution is -0.127. The van der Waals surface area contributed by atoms with Gasteiger partial charge in [0.25, 0.3) is 5.91 Å². The van der Waals surface area contributed by atoms with E-state index in [4.69, 9.17) is 21.1 Å². The Bertz CT molecular complexity index is 934. The van der Waals surface area contributed by atoms with Crippen LogP contribution in [0.3, 0.4) is 0 Å². The van der Waals surface area contributed by atoms with E-state index in [1.165, 1.54) is 4.31 Å². The summed E-state index contributed by atoms with van der Waals surface area (Å²) in [6.45, 7) is 2.00. The van der Waals surface area contributed by atoms with Crippen LogP contribution in [0, 0.1) is 0 Å². The minimum Gasteiger partial charge on any atom is -0.492 e. The Kier molecular flexibility index (Phi) is 6.31. The predicted molar refractivity (Wildman–Crippen MR) is 108 cm³/mol. The second-order valence-corrected chi connectivity index (χ2v) is 8.72. The van der Waals surface area contributed by atoms with Gasteiger partial charge in [0.05, 0.1) is 24.5 Å². The SMILES string of the molecule is CCS(=O)(=O)N1CC(C(=O)NCCOc2ccc(Cl)cc2)Oc2ccccc21. The van der Waals surface area contributed by atoms with E-state index in [-0.39, 0.29) is 25.4 Å². The van der Waals surface area contributed by atoms with Gasteiger partial charge in [-0.15, -0.1) is 0 Å². The van der Waals surface area contributed by atoms with E-state index in [9.17, 15) is 13.2 Å². The van der Waals surface area contributed by atoms with Gasteiger partial charge in [-0.2, -0.15) is 0 Å². The van der Waals surface area contributed by atoms with Gasteiger partial charge in [0.15, 0.2) is 6.10 Å². The van der Waals surface area contributed by atoms with Crippen molar-refractivity contribution in [3.63, 3.8) is 0 Å². The lowest BCUT2D eigenvalue weighted by Gasteiger charge is -2.34. The zero-order chi connectivity index (χ0) is 20.1. The fourth-order valence-corrected chi connectivity index (χ4v) is 4.00. The summed E-state index contributed by atoms with van der Waals surface area (Å²) in [5.41, 5.74) is 0.444. The summed E-state index contributed by atoms with van der Waals surface area (Å²) < 4.78 is 37.4. The van der Waals surface area contributed by atoms with Crippen molar-refractivity contribution in [2.24, 2.45) is 0 Å². The monoisotopic (exact) mass is 424 g/mol. The van der Waals surface area contributed by atoms with Crippen LogP contribution in [0.1, 0.15) is 6.92 Å². The third-order valence-electron chi connectivity index (χ3n) is 4.21. The molecule has 1 heterocycles. The first-order valence-electron chi connectivity index (χ1n) is 8.83. The van der Waals surface area contributed by atoms with Crippen LogP contribution in [0.4, 0.5) is 5.69 Å². The molecule has 1 atom stereocenters. The molecule has 2 aromatic carbocycles. The standard InChI is InChI=1S/C19H21ClN2O5S/c1-2-28(24,25)22-13-18(27-17-6-4-3-5-16(17)22)19(23)21-11-12-26-15-9-7-14(20)8-10-15/h3-10,18H,2,11-13H2,1H3,(H,21,23). The van der Waals surface area contributed by atoms with Crippen molar-refractivity contribution in [1.82, 2.24) is 5.32 Å². The molecule has 1 aliphatic rings. The average molecular weight is 425 g/mol. The maximum absolute atomic E-state index is 12.5. The summed E-state index contributed by atoms with van der Waals surface area (Å²) in [7, 11) is -3.53. The Labute approximate surface area is 169 Å². The van der Waals surface area contributed by atoms with Gasteiger partial charge >= 0.3 is 0 Å². The van der Waals surface area contributed by atoms with E-state index < -0.39 is 22.0 Å². The number of ether oxygens (including phenoxy) is 2. The van der Waals surface area contributed by atoms with E-state index >= 15 is 0 Å². The summed E-state index contributed by atoms with van der Waals surface area (Å²) in [4.78, 5) is 12.5. The Hall–Kier alpha value is -2.45. The normalized spacial score (nSPS) is 16.1. The predicted octanol–water partition coefficient (Wildman–Crippen LogP) is 2.45. The van der Waals surface area contributed by atoms with Gasteiger partial charge in [0.2, 0.25) is 10.0 Å². The third kappa shape index (κ3) is 4.69. The Morgan fingerprint density at radius 1 is 1.25 bits per heavy atom. The molecule has 1 amide bonds. The number of carbonyl (C=O) groups excluding carboxylic acids is 1. The lowest BCUT2D eigenvalue weighted by atomic mass is 10.2. The largest absolute Gasteiger partial charge is 0.492 e. The molecule has 7 nitrogen and oxygen atoms in total. The molecule has 1 aliphatic heterocycles. The topological polar surface area (TPSA) is 84.9 Å². The van der Waals surface area contributed by atoms with Crippen molar-refractivity contribution in [1.29, 1.82) is 0 Å². The summed E-state index contributed by atoms with van der Waals surface area (Å²) in [6.07, 6.45) is -0.938. The fraction of sp³-hybridized carbons (Fsp3) is 0.316. The molecular formula is C19H21ClN2O5S. The quantitative estimate of drug-likeness (QED) is 0.690. The minimum absolute atomic E-state index is 0.0649. The number of anilines is 1. The molecular weight excluding hydrogens is 404 g/mol. The molecule has 0 fully saturated rings. The van der Waals surface area contributed by atoms with Crippen LogP contribution in [-0.2, 0) is 14.8 Å². The van der Waals surface area contributed by atoms with Crippen LogP contribution in [-0.4, -0.2) is 45.9 Å². The highest BCUT2D eigenvalue weighted by Crippen LogP contribution is 2.35. The van der Waals surface area contributed by atoms with E-state index in [0.717, 1.165) is 0 Å². The van der Waals surface area contributed by atoms with Crippen molar-refractivity contribution < 1.29 is 22.7 Å². The smallest absolute Gasteiger partial charge is 0.263 e. The van der Waals surface area contributed by atoms with E-state index in [2.05, 4.69) is 5.32 Å². The van der Waals surface area contributed by atoms with E-state index in [1.54, 1.807) is 55.5 Å². The van der Waals surface area contributed by atoms with Crippen LogP contribution in [0.25, 0.3) is 0 Å². The van der Waals surface area contributed by atoms with Crippen molar-refractivity contribution in [2.75, 3.05) is 29.8 Å². The third-order valence-corrected chi connectivity index (χ3v) is 6.21. The first-order valence-corrected chi connectivity index (χ1v) is 10.8. The van der Waals surface area contributed by atoms with Gasteiger partial charge < -0.3 is 14.8 Å². The van der Waals surface area contributed by atoms with Gasteiger partial charge in [0, 0.05) is 5.02 Å². The maximum Gasteiger partial charge on any atom is 0.263 e. The van der Waals surface area contributed by atoms with Crippen LogP contribution < -0.4 is 19.1 Å². The van der Waals surface area contributed by atoms with Gasteiger partial charge in [-0.05, 0) is 43.3 Å². The highest BCUT2D eigenvalue weighted by atomic mass is 35.5. The first kappa shape index (κ1) is 20.3. The number of hydrogen-bond acceptors (Lipinski definition) is 5. The molecule has 2 aromatic rings. The highest BCUT2D eigenvalue weighted by molar-refractivity contribution is 7.92. The molecule has 1 unspecified atom stereocenters. The number of nitrogens with zero attached hydrogens (tertiary/aromatic N) is 1. The van der Waals surface area contributed by atoms with Gasteiger partial charge in [-0.1, -0.05) is 23.7 Å². The van der Waals surface area contributed by atoms with Crippen molar-refractivity contribution in [3.8, 4) is 11.5 Å². The number of fused-ring (bicyclic) bond motifs is 1. The number of nitrogens with one attached hydrogen (secondary N) is 1. The van der Waals surface area contributed by atoms with Crippen LogP contribution >= 0.6 is 11.6 Å². The number of sulfonamides is 1. The molecule has 0 radical (unpaired) electrons. The lowest BCUT2D eigenvalue weighted by Crippen LogP contribution is -2.51. The number of para-hydroxylation sites is 2. The first-order chi connectivity index (χ1) is 13.4. The zero-order valence-corrected chi connectivity index (χ0v) is 16.9. The summed E-state index contributed by atoms with van der Waals surface area (Å²) in [5.74, 6) is 0.542. The van der Waals surface area contributed by atoms with E-state index in [0.29, 0.717) is 22.2 Å². The Morgan fingerprint density at radius 2 is 1.96 bits per heavy atom. The number of hydrogen-bond donors (Lipinski definition) is 1. The number of rotatable bonds is 7. The Balaban J connectivity index is 1.60. The number of halogens is 1. The number of carbonyl (C=O) groups is 1. The second-order valence-electron chi connectivity index (χ2n) is 6.10. The molecule has 0 spiro atoms. The molecule has 0 aromatic heterocycles. The number of amides is 1.